The number of carbonyl (C=O) groups excluding carboxylic acids is 1. The van der Waals surface area contributed by atoms with E-state index in [4.69, 9.17) is 4.74 Å². The Kier molecular flexibility index (Phi) is 6.46. The summed E-state index contributed by atoms with van der Waals surface area (Å²) < 4.78 is 152. The van der Waals surface area contributed by atoms with Crippen molar-refractivity contribution in [1.82, 2.24) is 5.06 Å². The molecular weight excluding hydrogens is 541 g/mol. The van der Waals surface area contributed by atoms with E-state index in [1.54, 1.807) is 13.8 Å². The summed E-state index contributed by atoms with van der Waals surface area (Å²) in [5.74, 6) is -16.9. The minimum atomic E-state index is -7.59. The Morgan fingerprint density at radius 2 is 1.56 bits per heavy atom. The van der Waals surface area contributed by atoms with Crippen LogP contribution in [0.25, 0.3) is 10.8 Å². The molecule has 1 amide bonds. The van der Waals surface area contributed by atoms with E-state index >= 15 is 0 Å². The molecule has 17 heteroatoms. The number of ether oxygens (including phenoxy) is 1. The van der Waals surface area contributed by atoms with Crippen LogP contribution in [-0.4, -0.2) is 53.9 Å². The largest absolute Gasteiger partial charge is 0.491 e. The molecule has 0 fully saturated rings. The fraction of sp³-hybridized carbons (Fsp3) is 0.421. The molecule has 0 spiro atoms. The molecule has 7 nitrogen and oxygen atoms in total. The van der Waals surface area contributed by atoms with Gasteiger partial charge in [0.2, 0.25) is 0 Å². The van der Waals surface area contributed by atoms with Crippen molar-refractivity contribution in [3.05, 3.63) is 41.5 Å². The summed E-state index contributed by atoms with van der Waals surface area (Å²) in [5, 5.41) is 2.54. The van der Waals surface area contributed by atoms with E-state index in [1.807, 2.05) is 0 Å². The van der Waals surface area contributed by atoms with Crippen LogP contribution in [-0.2, 0) is 14.4 Å². The first-order chi connectivity index (χ1) is 16.2. The van der Waals surface area contributed by atoms with Gasteiger partial charge >= 0.3 is 33.4 Å². The number of halogens is 9. The Hall–Kier alpha value is -2.79. The molecule has 1 N–H and O–H groups in total. The van der Waals surface area contributed by atoms with Gasteiger partial charge in [-0.2, -0.15) is 53.0 Å². The molecule has 3 rings (SSSR count). The molecule has 1 unspecified atom stereocenters. The Morgan fingerprint density at radius 1 is 0.972 bits per heavy atom. The minimum absolute atomic E-state index is 0.0149. The number of benzene rings is 2. The third kappa shape index (κ3) is 4.02. The van der Waals surface area contributed by atoms with Crippen molar-refractivity contribution >= 4 is 26.8 Å². The van der Waals surface area contributed by atoms with Gasteiger partial charge in [0, 0.05) is 10.9 Å². The van der Waals surface area contributed by atoms with Gasteiger partial charge < -0.3 is 9.84 Å². The van der Waals surface area contributed by atoms with Gasteiger partial charge in [-0.1, -0.05) is 18.2 Å². The van der Waals surface area contributed by atoms with Crippen molar-refractivity contribution in [3.8, 4) is 5.75 Å². The number of carbonyl (C=O) groups is 1. The molecule has 0 aliphatic carbocycles. The number of aliphatic hydroxyl groups is 1. The van der Waals surface area contributed by atoms with Crippen molar-refractivity contribution in [3.63, 3.8) is 0 Å². The molecule has 1 aliphatic rings. The highest BCUT2D eigenvalue weighted by Crippen LogP contribution is 2.55. The standard InChI is InChI=1S/C19H14F9NO6S/c1-8(2)34-10-6-9-4-3-5-11-13(9)12(7-10)15(31)29(14(11)30)35-36(32,33)19(27,28)17(22,23)16(20,21)18(24,25)26/h3-8,14,30H,1-2H3. The second-order valence-corrected chi connectivity index (χ2v) is 9.35. The molecule has 0 aromatic heterocycles. The van der Waals surface area contributed by atoms with Crippen LogP contribution in [0.5, 0.6) is 5.75 Å². The first kappa shape index (κ1) is 27.8. The Labute approximate surface area is 196 Å². The molecule has 36 heavy (non-hydrogen) atoms. The van der Waals surface area contributed by atoms with Crippen LogP contribution in [0.4, 0.5) is 39.5 Å². The summed E-state index contributed by atoms with van der Waals surface area (Å²) in [5.41, 5.74) is -0.918. The normalized spacial score (nSPS) is 17.8. The number of nitrogens with zero attached hydrogens (tertiary/aromatic N) is 1. The third-order valence-electron chi connectivity index (χ3n) is 4.89. The molecule has 1 atom stereocenters. The lowest BCUT2D eigenvalue weighted by molar-refractivity contribution is -0.383. The van der Waals surface area contributed by atoms with Gasteiger partial charge in [-0.25, -0.2) is 0 Å². The van der Waals surface area contributed by atoms with Crippen molar-refractivity contribution in [2.75, 3.05) is 0 Å². The van der Waals surface area contributed by atoms with Gasteiger partial charge in [0.1, 0.15) is 5.75 Å². The van der Waals surface area contributed by atoms with Gasteiger partial charge in [-0.05, 0) is 31.4 Å². The van der Waals surface area contributed by atoms with Gasteiger partial charge in [0.15, 0.2) is 6.23 Å². The number of hydrogen-bond acceptors (Lipinski definition) is 6. The lowest BCUT2D eigenvalue weighted by atomic mass is 9.94. The van der Waals surface area contributed by atoms with Crippen LogP contribution in [0.15, 0.2) is 30.3 Å². The second-order valence-electron chi connectivity index (χ2n) is 7.78. The van der Waals surface area contributed by atoms with Gasteiger partial charge in [-0.3, -0.25) is 4.79 Å². The lowest BCUT2D eigenvalue weighted by Crippen LogP contribution is -2.64. The molecule has 2 aromatic rings. The highest BCUT2D eigenvalue weighted by Gasteiger charge is 2.86. The number of hydroxylamine groups is 2. The summed E-state index contributed by atoms with van der Waals surface area (Å²) in [4.78, 5) is 12.8. The molecule has 0 saturated carbocycles. The quantitative estimate of drug-likeness (QED) is 0.496. The molecule has 2 aromatic carbocycles. The van der Waals surface area contributed by atoms with Gasteiger partial charge in [0.25, 0.3) is 5.91 Å². The predicted octanol–water partition coefficient (Wildman–Crippen LogP) is 4.76. The first-order valence-electron chi connectivity index (χ1n) is 9.56. The van der Waals surface area contributed by atoms with E-state index < -0.39 is 62.3 Å². The van der Waals surface area contributed by atoms with Crippen LogP contribution in [0.3, 0.4) is 0 Å². The fourth-order valence-electron chi connectivity index (χ4n) is 3.25. The predicted molar refractivity (Wildman–Crippen MR) is 102 cm³/mol. The molecule has 1 aliphatic heterocycles. The van der Waals surface area contributed by atoms with Crippen LogP contribution in [0, 0.1) is 0 Å². The zero-order chi connectivity index (χ0) is 27.6. The highest BCUT2D eigenvalue weighted by molar-refractivity contribution is 7.87. The van der Waals surface area contributed by atoms with E-state index in [-0.39, 0.29) is 22.1 Å². The maximum atomic E-state index is 14.1. The molecule has 0 saturated heterocycles. The highest BCUT2D eigenvalue weighted by atomic mass is 32.2. The zero-order valence-corrected chi connectivity index (χ0v) is 18.6. The SMILES string of the molecule is CC(C)Oc1cc2c3c(cccc3c1)C(O)N(OS(=O)(=O)C(F)(F)C(F)(F)C(F)(F)C(F)(F)F)C2=O. The first-order valence-corrected chi connectivity index (χ1v) is 11.0. The number of amides is 1. The van der Waals surface area contributed by atoms with Crippen molar-refractivity contribution in [1.29, 1.82) is 0 Å². The smallest absolute Gasteiger partial charge is 0.460 e. The Morgan fingerprint density at radius 3 is 2.08 bits per heavy atom. The van der Waals surface area contributed by atoms with Crippen LogP contribution >= 0.6 is 0 Å². The van der Waals surface area contributed by atoms with E-state index in [2.05, 4.69) is 4.28 Å². The monoisotopic (exact) mass is 555 g/mol. The number of aliphatic hydroxyl groups excluding tert-OH is 1. The Bertz CT molecular complexity index is 1310. The van der Waals surface area contributed by atoms with E-state index in [1.165, 1.54) is 18.2 Å². The summed E-state index contributed by atoms with van der Waals surface area (Å²) in [6.45, 7) is 3.16. The average molecular weight is 555 g/mol. The molecule has 0 bridgehead atoms. The maximum absolute atomic E-state index is 14.1. The van der Waals surface area contributed by atoms with E-state index in [9.17, 15) is 57.8 Å². The number of hydrogen-bond donors (Lipinski definition) is 1. The third-order valence-corrected chi connectivity index (χ3v) is 6.13. The molecule has 1 heterocycles. The average Bonchev–Trinajstić information content (AvgIpc) is 2.73. The molecule has 200 valence electrons. The van der Waals surface area contributed by atoms with Gasteiger partial charge in [0.05, 0.1) is 11.7 Å². The van der Waals surface area contributed by atoms with E-state index in [0.717, 1.165) is 12.1 Å². The summed E-state index contributed by atoms with van der Waals surface area (Å²) in [6, 6.07) is 6.08. The fourth-order valence-corrected chi connectivity index (χ4v) is 4.15. The molecule has 0 radical (unpaired) electrons. The minimum Gasteiger partial charge on any atom is -0.491 e. The van der Waals surface area contributed by atoms with Crippen molar-refractivity contribution in [2.45, 2.75) is 49.5 Å². The van der Waals surface area contributed by atoms with Crippen molar-refractivity contribution in [2.24, 2.45) is 0 Å². The Balaban J connectivity index is 2.09. The number of alkyl halides is 9. The van der Waals surface area contributed by atoms with Crippen LogP contribution < -0.4 is 4.74 Å². The van der Waals surface area contributed by atoms with Crippen molar-refractivity contribution < 1.29 is 66.9 Å². The van der Waals surface area contributed by atoms with Crippen LogP contribution in [0.1, 0.15) is 36.0 Å². The molecular formula is C19H14F9NO6S. The summed E-state index contributed by atoms with van der Waals surface area (Å²) >= 11 is 0. The topological polar surface area (TPSA) is 93.1 Å². The van der Waals surface area contributed by atoms with Gasteiger partial charge in [-0.15, -0.1) is 4.28 Å². The zero-order valence-electron chi connectivity index (χ0n) is 17.8. The summed E-state index contributed by atoms with van der Waals surface area (Å²) in [6.07, 6.45) is -10.3. The second kappa shape index (κ2) is 8.37. The van der Waals surface area contributed by atoms with Crippen LogP contribution in [0.2, 0.25) is 0 Å². The maximum Gasteiger partial charge on any atom is 0.460 e. The summed E-state index contributed by atoms with van der Waals surface area (Å²) in [7, 11) is -7.48. The van der Waals surface area contributed by atoms with E-state index in [0.29, 0.717) is 0 Å². The number of rotatable bonds is 7. The lowest BCUT2D eigenvalue weighted by Gasteiger charge is -2.35.